The molecule has 1 aliphatic carbocycles. The number of likely N-dealkylation sites (tertiary alicyclic amines) is 1. The Morgan fingerprint density at radius 2 is 1.78 bits per heavy atom. The maximum absolute atomic E-state index is 13.8. The Labute approximate surface area is 208 Å². The smallest absolute Gasteiger partial charge is 0.270 e. The lowest BCUT2D eigenvalue weighted by atomic mass is 9.95. The number of ether oxygens (including phenoxy) is 1. The summed E-state index contributed by atoms with van der Waals surface area (Å²) in [6.45, 7) is 2.53. The minimum Gasteiger partial charge on any atom is -0.353 e. The number of nitro groups is 1. The van der Waals surface area contributed by atoms with E-state index in [0.717, 1.165) is 18.4 Å². The molecule has 0 aromatic heterocycles. The summed E-state index contributed by atoms with van der Waals surface area (Å²) >= 11 is 0. The van der Waals surface area contributed by atoms with Crippen molar-refractivity contribution in [2.75, 3.05) is 19.7 Å². The molecular weight excluding hydrogens is 464 g/mol. The zero-order valence-electron chi connectivity index (χ0n) is 20.0. The summed E-state index contributed by atoms with van der Waals surface area (Å²) < 4.78 is 6.21. The van der Waals surface area contributed by atoms with Gasteiger partial charge >= 0.3 is 0 Å². The van der Waals surface area contributed by atoms with E-state index in [0.29, 0.717) is 18.4 Å². The fourth-order valence-corrected chi connectivity index (χ4v) is 5.03. The quantitative estimate of drug-likeness (QED) is 0.506. The lowest BCUT2D eigenvalue weighted by molar-refractivity contribution is -0.384. The van der Waals surface area contributed by atoms with Gasteiger partial charge in [0.15, 0.2) is 0 Å². The average Bonchev–Trinajstić information content (AvgIpc) is 3.63. The van der Waals surface area contributed by atoms with Crippen molar-refractivity contribution in [2.45, 2.75) is 50.4 Å². The summed E-state index contributed by atoms with van der Waals surface area (Å²) in [7, 11) is 0. The van der Waals surface area contributed by atoms with Gasteiger partial charge in [-0.2, -0.15) is 0 Å². The maximum Gasteiger partial charge on any atom is 0.270 e. The monoisotopic (exact) mass is 492 g/mol. The van der Waals surface area contributed by atoms with E-state index in [9.17, 15) is 24.5 Å². The van der Waals surface area contributed by atoms with E-state index in [1.54, 1.807) is 28.0 Å². The largest absolute Gasteiger partial charge is 0.353 e. The Kier molecular flexibility index (Phi) is 6.21. The highest BCUT2D eigenvalue weighted by Crippen LogP contribution is 2.39. The third kappa shape index (κ3) is 4.44. The molecule has 2 heterocycles. The highest BCUT2D eigenvalue weighted by Gasteiger charge is 2.54. The zero-order chi connectivity index (χ0) is 25.4. The molecule has 5 rings (SSSR count). The van der Waals surface area contributed by atoms with Crippen molar-refractivity contribution in [3.63, 3.8) is 0 Å². The summed E-state index contributed by atoms with van der Waals surface area (Å²) in [6, 6.07) is 12.3. The molecule has 36 heavy (non-hydrogen) atoms. The molecule has 2 aliphatic heterocycles. The average molecular weight is 493 g/mol. The number of nitro benzene ring substituents is 1. The molecule has 3 amide bonds. The van der Waals surface area contributed by atoms with Crippen LogP contribution in [-0.2, 0) is 9.53 Å². The van der Waals surface area contributed by atoms with Gasteiger partial charge in [0, 0.05) is 55.2 Å². The fourth-order valence-electron chi connectivity index (χ4n) is 5.03. The van der Waals surface area contributed by atoms with Crippen molar-refractivity contribution in [2.24, 2.45) is 0 Å². The number of carbonyl (C=O) groups is 3. The van der Waals surface area contributed by atoms with Gasteiger partial charge in [0.25, 0.3) is 17.5 Å². The number of carbonyl (C=O) groups excluding carboxylic acids is 3. The molecule has 1 N–H and O–H groups in total. The summed E-state index contributed by atoms with van der Waals surface area (Å²) in [6.07, 6.45) is 2.53. The van der Waals surface area contributed by atoms with Crippen LogP contribution in [-0.4, -0.2) is 69.9 Å². The first-order valence-corrected chi connectivity index (χ1v) is 12.2. The Hall–Kier alpha value is -3.79. The number of hydrogen-bond donors (Lipinski definition) is 1. The molecular formula is C26H28N4O6. The normalized spacial score (nSPS) is 20.9. The SMILES string of the molecule is Cc1ccccc1C(=O)N1[C@@H](C(=O)NC2CC2)COC12CCN(C(=O)c1cccc([N+](=O)[O-])c1)CC2. The van der Waals surface area contributed by atoms with Crippen LogP contribution in [0.5, 0.6) is 0 Å². The number of amides is 3. The van der Waals surface area contributed by atoms with Crippen LogP contribution in [0.3, 0.4) is 0 Å². The highest BCUT2D eigenvalue weighted by molar-refractivity contribution is 5.99. The van der Waals surface area contributed by atoms with Crippen LogP contribution in [0.4, 0.5) is 5.69 Å². The van der Waals surface area contributed by atoms with E-state index in [4.69, 9.17) is 4.74 Å². The fraction of sp³-hybridized carbons (Fsp3) is 0.423. The molecule has 2 aromatic carbocycles. The van der Waals surface area contributed by atoms with Crippen LogP contribution in [0, 0.1) is 17.0 Å². The van der Waals surface area contributed by atoms with Gasteiger partial charge < -0.3 is 15.0 Å². The summed E-state index contributed by atoms with van der Waals surface area (Å²) in [5.41, 5.74) is 0.408. The second-order valence-electron chi connectivity index (χ2n) is 9.65. The lowest BCUT2D eigenvalue weighted by Gasteiger charge is -2.44. The standard InChI is InChI=1S/C26H28N4O6/c1-17-5-2-3-8-21(17)25(33)29-22(23(31)27-19-9-10-19)16-36-26(29)11-13-28(14-12-26)24(32)18-6-4-7-20(15-18)30(34)35/h2-8,15,19,22H,9-14,16H2,1H3,(H,27,31)/t22-/m1/s1. The van der Waals surface area contributed by atoms with E-state index in [1.165, 1.54) is 18.2 Å². The third-order valence-corrected chi connectivity index (χ3v) is 7.22. The van der Waals surface area contributed by atoms with Gasteiger partial charge in [0.2, 0.25) is 5.91 Å². The van der Waals surface area contributed by atoms with E-state index in [2.05, 4.69) is 5.32 Å². The zero-order valence-corrected chi connectivity index (χ0v) is 20.0. The number of hydrogen-bond acceptors (Lipinski definition) is 6. The van der Waals surface area contributed by atoms with Crippen LogP contribution >= 0.6 is 0 Å². The molecule has 10 heteroatoms. The van der Waals surface area contributed by atoms with Gasteiger partial charge in [0.05, 0.1) is 11.5 Å². The first-order chi connectivity index (χ1) is 17.3. The number of nitrogens with zero attached hydrogens (tertiary/aromatic N) is 3. The molecule has 1 saturated carbocycles. The minimum atomic E-state index is -1.01. The van der Waals surface area contributed by atoms with Crippen molar-refractivity contribution in [1.29, 1.82) is 0 Å². The van der Waals surface area contributed by atoms with E-state index in [-0.39, 0.29) is 54.7 Å². The molecule has 1 spiro atoms. The lowest BCUT2D eigenvalue weighted by Crippen LogP contribution is -2.60. The van der Waals surface area contributed by atoms with Gasteiger partial charge in [-0.05, 0) is 37.5 Å². The van der Waals surface area contributed by atoms with Crippen molar-refractivity contribution < 1.29 is 24.0 Å². The first-order valence-electron chi connectivity index (χ1n) is 12.2. The third-order valence-electron chi connectivity index (χ3n) is 7.22. The number of non-ortho nitro benzene ring substituents is 1. The molecule has 188 valence electrons. The topological polar surface area (TPSA) is 122 Å². The van der Waals surface area contributed by atoms with Gasteiger partial charge in [-0.3, -0.25) is 29.4 Å². The van der Waals surface area contributed by atoms with Crippen molar-refractivity contribution >= 4 is 23.4 Å². The predicted octanol–water partition coefficient (Wildman–Crippen LogP) is 2.66. The summed E-state index contributed by atoms with van der Waals surface area (Å²) in [5, 5.41) is 14.1. The van der Waals surface area contributed by atoms with Crippen molar-refractivity contribution in [3.8, 4) is 0 Å². The Bertz CT molecular complexity index is 1220. The van der Waals surface area contributed by atoms with Crippen LogP contribution in [0.25, 0.3) is 0 Å². The molecule has 3 fully saturated rings. The number of benzene rings is 2. The van der Waals surface area contributed by atoms with Gasteiger partial charge in [0.1, 0.15) is 11.8 Å². The Balaban J connectivity index is 1.38. The van der Waals surface area contributed by atoms with Crippen LogP contribution in [0.15, 0.2) is 48.5 Å². The molecule has 3 aliphatic rings. The van der Waals surface area contributed by atoms with Crippen LogP contribution in [0.2, 0.25) is 0 Å². The van der Waals surface area contributed by atoms with Crippen LogP contribution in [0.1, 0.15) is 52.0 Å². The molecule has 0 bridgehead atoms. The van der Waals surface area contributed by atoms with Crippen molar-refractivity contribution in [1.82, 2.24) is 15.1 Å². The molecule has 0 unspecified atom stereocenters. The predicted molar refractivity (Wildman–Crippen MR) is 129 cm³/mol. The summed E-state index contributed by atoms with van der Waals surface area (Å²) in [4.78, 5) is 53.8. The Morgan fingerprint density at radius 3 is 2.44 bits per heavy atom. The number of aryl methyl sites for hydroxylation is 1. The molecule has 0 radical (unpaired) electrons. The number of rotatable bonds is 5. The number of piperidine rings is 1. The second kappa shape index (κ2) is 9.34. The first kappa shape index (κ1) is 23.9. The maximum atomic E-state index is 13.8. The van der Waals surface area contributed by atoms with E-state index < -0.39 is 16.7 Å². The molecule has 2 saturated heterocycles. The highest BCUT2D eigenvalue weighted by atomic mass is 16.6. The minimum absolute atomic E-state index is 0.0923. The van der Waals surface area contributed by atoms with E-state index in [1.807, 2.05) is 19.1 Å². The van der Waals surface area contributed by atoms with Gasteiger partial charge in [-0.25, -0.2) is 0 Å². The molecule has 2 aromatic rings. The Morgan fingerprint density at radius 1 is 1.06 bits per heavy atom. The summed E-state index contributed by atoms with van der Waals surface area (Å²) in [5.74, 6) is -0.794. The van der Waals surface area contributed by atoms with Crippen LogP contribution < -0.4 is 5.32 Å². The molecule has 1 atom stereocenters. The van der Waals surface area contributed by atoms with Crippen molar-refractivity contribution in [3.05, 3.63) is 75.3 Å². The van der Waals surface area contributed by atoms with Gasteiger partial charge in [-0.15, -0.1) is 0 Å². The number of nitrogens with one attached hydrogen (secondary N) is 1. The molecule has 10 nitrogen and oxygen atoms in total. The van der Waals surface area contributed by atoms with E-state index >= 15 is 0 Å². The van der Waals surface area contributed by atoms with Gasteiger partial charge in [-0.1, -0.05) is 24.3 Å². The second-order valence-corrected chi connectivity index (χ2v) is 9.65.